The minimum Gasteiger partial charge on any atom is -0.355 e. The maximum Gasteiger partial charge on any atom is 0.0396 e. The van der Waals surface area contributed by atoms with Crippen LogP contribution in [0.15, 0.2) is 158 Å². The molecular formula is C36H27N. The Morgan fingerprint density at radius 3 is 1.11 bits per heavy atom. The summed E-state index contributed by atoms with van der Waals surface area (Å²) < 4.78 is 0. The highest BCUT2D eigenvalue weighted by Crippen LogP contribution is 2.33. The van der Waals surface area contributed by atoms with Crippen LogP contribution in [0.4, 0.5) is 11.4 Å². The van der Waals surface area contributed by atoms with Crippen molar-refractivity contribution in [2.24, 2.45) is 0 Å². The first-order valence-corrected chi connectivity index (χ1v) is 12.6. The molecular weight excluding hydrogens is 446 g/mol. The van der Waals surface area contributed by atoms with Gasteiger partial charge in [-0.05, 0) is 80.9 Å². The molecule has 176 valence electrons. The summed E-state index contributed by atoms with van der Waals surface area (Å²) in [6, 6.07) is 55.7. The third kappa shape index (κ3) is 5.22. The Morgan fingerprint density at radius 1 is 0.243 bits per heavy atom. The van der Waals surface area contributed by atoms with Crippen molar-refractivity contribution in [3.8, 4) is 44.5 Å². The highest BCUT2D eigenvalue weighted by atomic mass is 14.9. The van der Waals surface area contributed by atoms with E-state index in [1.165, 1.54) is 44.5 Å². The first-order chi connectivity index (χ1) is 18.3. The second-order valence-electron chi connectivity index (χ2n) is 9.18. The second kappa shape index (κ2) is 10.4. The molecule has 0 atom stereocenters. The Bertz CT molecular complexity index is 1550. The van der Waals surface area contributed by atoms with E-state index in [4.69, 9.17) is 0 Å². The molecule has 0 aliphatic heterocycles. The van der Waals surface area contributed by atoms with Gasteiger partial charge in [-0.3, -0.25) is 0 Å². The summed E-state index contributed by atoms with van der Waals surface area (Å²) in [5.74, 6) is 0. The van der Waals surface area contributed by atoms with E-state index in [0.29, 0.717) is 0 Å². The highest BCUT2D eigenvalue weighted by molar-refractivity contribution is 5.80. The number of nitrogens with one attached hydrogen (secondary N) is 1. The van der Waals surface area contributed by atoms with Gasteiger partial charge in [0, 0.05) is 11.4 Å². The molecule has 6 rings (SSSR count). The molecule has 0 bridgehead atoms. The number of anilines is 2. The maximum atomic E-state index is 3.64. The van der Waals surface area contributed by atoms with Crippen molar-refractivity contribution in [2.75, 3.05) is 5.32 Å². The van der Waals surface area contributed by atoms with Gasteiger partial charge in [-0.1, -0.05) is 121 Å². The zero-order valence-electron chi connectivity index (χ0n) is 20.5. The van der Waals surface area contributed by atoms with Crippen LogP contribution in [0.3, 0.4) is 0 Å². The second-order valence-corrected chi connectivity index (χ2v) is 9.18. The highest BCUT2D eigenvalue weighted by Gasteiger charge is 2.07. The van der Waals surface area contributed by atoms with E-state index >= 15 is 0 Å². The monoisotopic (exact) mass is 473 g/mol. The zero-order valence-corrected chi connectivity index (χ0v) is 20.5. The normalized spacial score (nSPS) is 10.7. The molecule has 0 spiro atoms. The summed E-state index contributed by atoms with van der Waals surface area (Å²) in [4.78, 5) is 0. The Hall–Kier alpha value is -4.88. The summed E-state index contributed by atoms with van der Waals surface area (Å²) in [7, 11) is 0. The van der Waals surface area contributed by atoms with Crippen LogP contribution in [-0.2, 0) is 0 Å². The Morgan fingerprint density at radius 2 is 0.622 bits per heavy atom. The molecule has 0 aromatic heterocycles. The molecule has 0 fully saturated rings. The molecule has 1 N–H and O–H groups in total. The minimum atomic E-state index is 1.06. The van der Waals surface area contributed by atoms with Crippen LogP contribution >= 0.6 is 0 Å². The lowest BCUT2D eigenvalue weighted by atomic mass is 9.97. The summed E-state index contributed by atoms with van der Waals surface area (Å²) in [5, 5.41) is 3.64. The van der Waals surface area contributed by atoms with Crippen LogP contribution < -0.4 is 5.32 Å². The molecule has 0 radical (unpaired) electrons. The molecule has 1 nitrogen and oxygen atoms in total. The average molecular weight is 474 g/mol. The van der Waals surface area contributed by atoms with E-state index in [1.807, 2.05) is 0 Å². The molecule has 0 saturated heterocycles. The van der Waals surface area contributed by atoms with Gasteiger partial charge in [0.25, 0.3) is 0 Å². The fourth-order valence-electron chi connectivity index (χ4n) is 4.72. The van der Waals surface area contributed by atoms with E-state index in [9.17, 15) is 0 Å². The topological polar surface area (TPSA) is 12.0 Å². The third-order valence-corrected chi connectivity index (χ3v) is 6.62. The van der Waals surface area contributed by atoms with Gasteiger partial charge in [0.2, 0.25) is 0 Å². The molecule has 0 unspecified atom stereocenters. The van der Waals surface area contributed by atoms with Crippen molar-refractivity contribution in [3.63, 3.8) is 0 Å². The van der Waals surface area contributed by atoms with E-state index in [2.05, 4.69) is 163 Å². The molecule has 0 aliphatic rings. The van der Waals surface area contributed by atoms with E-state index in [1.54, 1.807) is 0 Å². The van der Waals surface area contributed by atoms with Crippen LogP contribution in [-0.4, -0.2) is 0 Å². The van der Waals surface area contributed by atoms with Gasteiger partial charge >= 0.3 is 0 Å². The molecule has 0 saturated carbocycles. The van der Waals surface area contributed by atoms with E-state index < -0.39 is 0 Å². The van der Waals surface area contributed by atoms with Crippen LogP contribution in [0.25, 0.3) is 44.5 Å². The number of rotatable bonds is 6. The maximum absolute atomic E-state index is 3.64. The molecule has 37 heavy (non-hydrogen) atoms. The van der Waals surface area contributed by atoms with Gasteiger partial charge in [0.15, 0.2) is 0 Å². The van der Waals surface area contributed by atoms with Crippen LogP contribution in [0.5, 0.6) is 0 Å². The van der Waals surface area contributed by atoms with Crippen molar-refractivity contribution < 1.29 is 0 Å². The minimum absolute atomic E-state index is 1.06. The van der Waals surface area contributed by atoms with Crippen molar-refractivity contribution >= 4 is 11.4 Å². The van der Waals surface area contributed by atoms with Crippen molar-refractivity contribution in [3.05, 3.63) is 158 Å². The standard InChI is InChI=1S/C36H27N/c1-4-11-27(12-5-1)31-17-10-18-32(23-31)30-19-21-35(22-20-30)37-36-25-33(28-13-6-2-7-14-28)24-34(26-36)29-15-8-3-9-16-29/h1-26,37H. The third-order valence-electron chi connectivity index (χ3n) is 6.62. The molecule has 1 heteroatoms. The SMILES string of the molecule is c1ccc(-c2cccc(-c3ccc(Nc4cc(-c5ccccc5)cc(-c5ccccc5)c4)cc3)c2)cc1. The number of benzene rings is 6. The Balaban J connectivity index is 1.30. The molecule has 0 heterocycles. The van der Waals surface area contributed by atoms with Crippen LogP contribution in [0, 0.1) is 0 Å². The fourth-order valence-corrected chi connectivity index (χ4v) is 4.72. The first kappa shape index (κ1) is 22.6. The van der Waals surface area contributed by atoms with Crippen LogP contribution in [0.1, 0.15) is 0 Å². The molecule has 6 aromatic carbocycles. The predicted octanol–water partition coefficient (Wildman–Crippen LogP) is 10.1. The molecule has 0 aliphatic carbocycles. The largest absolute Gasteiger partial charge is 0.355 e. The summed E-state index contributed by atoms with van der Waals surface area (Å²) in [6.07, 6.45) is 0. The first-order valence-electron chi connectivity index (χ1n) is 12.6. The van der Waals surface area contributed by atoms with Gasteiger partial charge in [-0.15, -0.1) is 0 Å². The van der Waals surface area contributed by atoms with Crippen molar-refractivity contribution in [1.29, 1.82) is 0 Å². The lowest BCUT2D eigenvalue weighted by molar-refractivity contribution is 1.52. The summed E-state index contributed by atoms with van der Waals surface area (Å²) in [5.41, 5.74) is 11.8. The predicted molar refractivity (Wildman–Crippen MR) is 158 cm³/mol. The quantitative estimate of drug-likeness (QED) is 0.254. The number of hydrogen-bond donors (Lipinski definition) is 1. The van der Waals surface area contributed by atoms with Gasteiger partial charge in [0.05, 0.1) is 0 Å². The fraction of sp³-hybridized carbons (Fsp3) is 0. The molecule has 0 amide bonds. The lowest BCUT2D eigenvalue weighted by Gasteiger charge is -2.13. The Kier molecular flexibility index (Phi) is 6.34. The average Bonchev–Trinajstić information content (AvgIpc) is 2.99. The Labute approximate surface area is 218 Å². The van der Waals surface area contributed by atoms with Gasteiger partial charge in [-0.2, -0.15) is 0 Å². The van der Waals surface area contributed by atoms with E-state index in [-0.39, 0.29) is 0 Å². The van der Waals surface area contributed by atoms with Gasteiger partial charge in [-0.25, -0.2) is 0 Å². The zero-order chi connectivity index (χ0) is 24.9. The van der Waals surface area contributed by atoms with Crippen molar-refractivity contribution in [2.45, 2.75) is 0 Å². The smallest absolute Gasteiger partial charge is 0.0396 e. The number of hydrogen-bond acceptors (Lipinski definition) is 1. The van der Waals surface area contributed by atoms with Crippen molar-refractivity contribution in [1.82, 2.24) is 0 Å². The van der Waals surface area contributed by atoms with E-state index in [0.717, 1.165) is 11.4 Å². The lowest BCUT2D eigenvalue weighted by Crippen LogP contribution is -1.93. The summed E-state index contributed by atoms with van der Waals surface area (Å²) >= 11 is 0. The molecule has 6 aromatic rings. The van der Waals surface area contributed by atoms with Gasteiger partial charge < -0.3 is 5.32 Å². The van der Waals surface area contributed by atoms with Gasteiger partial charge in [0.1, 0.15) is 0 Å². The summed E-state index contributed by atoms with van der Waals surface area (Å²) in [6.45, 7) is 0. The van der Waals surface area contributed by atoms with Crippen LogP contribution in [0.2, 0.25) is 0 Å².